The van der Waals surface area contributed by atoms with E-state index in [0.29, 0.717) is 39.2 Å². The van der Waals surface area contributed by atoms with Crippen LogP contribution in [0.2, 0.25) is 0 Å². The Hall–Kier alpha value is -4.24. The molecule has 0 saturated carbocycles. The van der Waals surface area contributed by atoms with Gasteiger partial charge in [-0.15, -0.1) is 0 Å². The van der Waals surface area contributed by atoms with Crippen LogP contribution in [0.15, 0.2) is 72.8 Å². The second-order valence-electron chi connectivity index (χ2n) is 9.70. The van der Waals surface area contributed by atoms with Gasteiger partial charge in [0.05, 0.1) is 29.8 Å². The molecule has 0 aliphatic carbocycles. The summed E-state index contributed by atoms with van der Waals surface area (Å²) in [6.07, 6.45) is 0. The van der Waals surface area contributed by atoms with E-state index in [9.17, 15) is 18.9 Å². The number of carbonyl (C=O) groups excluding carboxylic acids is 3. The molecule has 3 aromatic rings. The molecule has 4 rings (SSSR count). The number of hydrogen-bond acceptors (Lipinski definition) is 7. The lowest BCUT2D eigenvalue weighted by molar-refractivity contribution is -0.129. The van der Waals surface area contributed by atoms with Crippen LogP contribution in [0.3, 0.4) is 0 Å². The summed E-state index contributed by atoms with van der Waals surface area (Å²) < 4.78 is 24.6. The Balaban J connectivity index is 1.78. The number of anilines is 3. The van der Waals surface area contributed by atoms with Gasteiger partial charge in [0, 0.05) is 43.6 Å². The lowest BCUT2D eigenvalue weighted by atomic mass is 10.00. The fraction of sp³-hybridized carbons (Fsp3) is 0.258. The normalized spacial score (nSPS) is 13.7. The van der Waals surface area contributed by atoms with E-state index in [-0.39, 0.29) is 37.5 Å². The standard InChI is InChI=1S/C31H35N4O6P/c1-6-40-42(39,41-7-2)25-17-18-27-26(19-25)29(31(38)33-27)30(22-11-9-8-10-12-22)32-23-13-15-24(16-14-23)35(21(3)36)20-28(37)34(4)5/h8-19,32H,6-7,20H2,1-5H3,(H,33,38). The van der Waals surface area contributed by atoms with Gasteiger partial charge in [-0.3, -0.25) is 18.9 Å². The number of nitrogens with one attached hydrogen (secondary N) is 2. The first-order valence-electron chi connectivity index (χ1n) is 13.6. The van der Waals surface area contributed by atoms with Gasteiger partial charge in [0.1, 0.15) is 6.54 Å². The van der Waals surface area contributed by atoms with Crippen molar-refractivity contribution in [1.82, 2.24) is 4.90 Å². The minimum Gasteiger partial charge on any atom is -0.354 e. The van der Waals surface area contributed by atoms with Crippen molar-refractivity contribution in [3.63, 3.8) is 0 Å². The summed E-state index contributed by atoms with van der Waals surface area (Å²) in [5, 5.41) is 6.64. The van der Waals surface area contributed by atoms with Crippen LogP contribution < -0.4 is 20.8 Å². The molecule has 3 amide bonds. The first kappa shape index (κ1) is 30.7. The maximum absolute atomic E-state index is 13.5. The van der Waals surface area contributed by atoms with E-state index < -0.39 is 7.60 Å². The molecule has 1 aliphatic heterocycles. The number of fused-ring (bicyclic) bond motifs is 1. The van der Waals surface area contributed by atoms with Crippen molar-refractivity contribution in [2.24, 2.45) is 0 Å². The minimum absolute atomic E-state index is 0.0823. The molecule has 0 atom stereocenters. The highest BCUT2D eigenvalue weighted by atomic mass is 31.2. The lowest BCUT2D eigenvalue weighted by Crippen LogP contribution is -2.39. The number of likely N-dealkylation sites (N-methyl/N-ethyl adjacent to an activating group) is 1. The summed E-state index contributed by atoms with van der Waals surface area (Å²) in [6, 6.07) is 21.4. The third-order valence-corrected chi connectivity index (χ3v) is 8.70. The summed E-state index contributed by atoms with van der Waals surface area (Å²) in [4.78, 5) is 40.8. The molecule has 3 aromatic carbocycles. The first-order valence-corrected chi connectivity index (χ1v) is 15.1. The maximum atomic E-state index is 13.5. The minimum atomic E-state index is -3.60. The Labute approximate surface area is 245 Å². The second kappa shape index (κ2) is 13.2. The molecule has 0 bridgehead atoms. The van der Waals surface area contributed by atoms with Gasteiger partial charge in [0.15, 0.2) is 0 Å². The summed E-state index contributed by atoms with van der Waals surface area (Å²) in [6.45, 7) is 5.22. The van der Waals surface area contributed by atoms with Crippen LogP contribution >= 0.6 is 7.60 Å². The fourth-order valence-corrected chi connectivity index (χ4v) is 6.11. The average molecular weight is 591 g/mol. The highest BCUT2D eigenvalue weighted by Crippen LogP contribution is 2.48. The third-order valence-electron chi connectivity index (χ3n) is 6.60. The van der Waals surface area contributed by atoms with Gasteiger partial charge in [-0.2, -0.15) is 0 Å². The van der Waals surface area contributed by atoms with E-state index >= 15 is 0 Å². The highest BCUT2D eigenvalue weighted by molar-refractivity contribution is 7.62. The van der Waals surface area contributed by atoms with Gasteiger partial charge >= 0.3 is 7.60 Å². The molecule has 1 heterocycles. The van der Waals surface area contributed by atoms with Crippen LogP contribution in [0.4, 0.5) is 17.1 Å². The molecular weight excluding hydrogens is 555 g/mol. The summed E-state index contributed by atoms with van der Waals surface area (Å²) >= 11 is 0. The first-order chi connectivity index (χ1) is 20.1. The highest BCUT2D eigenvalue weighted by Gasteiger charge is 2.33. The smallest absolute Gasteiger partial charge is 0.354 e. The zero-order valence-electron chi connectivity index (χ0n) is 24.3. The maximum Gasteiger partial charge on any atom is 0.361 e. The number of benzene rings is 3. The molecule has 220 valence electrons. The summed E-state index contributed by atoms with van der Waals surface area (Å²) in [5.74, 6) is -0.783. The predicted octanol–water partition coefficient (Wildman–Crippen LogP) is 4.95. The van der Waals surface area contributed by atoms with E-state index in [1.54, 1.807) is 70.4 Å². The molecule has 1 aliphatic rings. The van der Waals surface area contributed by atoms with Crippen LogP contribution in [0.25, 0.3) is 11.3 Å². The number of rotatable bonds is 11. The van der Waals surface area contributed by atoms with Gasteiger partial charge < -0.3 is 29.5 Å². The Morgan fingerprint density at radius 2 is 1.57 bits per heavy atom. The molecule has 0 aromatic heterocycles. The molecule has 0 unspecified atom stereocenters. The number of nitrogens with zero attached hydrogens (tertiary/aromatic N) is 2. The van der Waals surface area contributed by atoms with Gasteiger partial charge in [-0.25, -0.2) is 0 Å². The van der Waals surface area contributed by atoms with Crippen molar-refractivity contribution in [2.45, 2.75) is 20.8 Å². The Bertz CT molecular complexity index is 1540. The van der Waals surface area contributed by atoms with Crippen molar-refractivity contribution in [3.05, 3.63) is 83.9 Å². The lowest BCUT2D eigenvalue weighted by Gasteiger charge is -2.23. The molecule has 0 fully saturated rings. The Morgan fingerprint density at radius 3 is 2.14 bits per heavy atom. The van der Waals surface area contributed by atoms with E-state index in [0.717, 1.165) is 5.56 Å². The fourth-order valence-electron chi connectivity index (χ4n) is 4.51. The Morgan fingerprint density at radius 1 is 0.929 bits per heavy atom. The summed E-state index contributed by atoms with van der Waals surface area (Å²) in [5.41, 5.74) is 4.00. The van der Waals surface area contributed by atoms with E-state index in [4.69, 9.17) is 9.05 Å². The molecule has 11 heteroatoms. The van der Waals surface area contributed by atoms with Gasteiger partial charge in [-0.1, -0.05) is 30.3 Å². The van der Waals surface area contributed by atoms with Gasteiger partial charge in [-0.05, 0) is 61.9 Å². The summed E-state index contributed by atoms with van der Waals surface area (Å²) in [7, 11) is -0.324. The van der Waals surface area contributed by atoms with Crippen LogP contribution in [0, 0.1) is 0 Å². The molecule has 42 heavy (non-hydrogen) atoms. The molecule has 10 nitrogen and oxygen atoms in total. The van der Waals surface area contributed by atoms with Crippen LogP contribution in [0.1, 0.15) is 31.9 Å². The quantitative estimate of drug-likeness (QED) is 0.240. The van der Waals surface area contributed by atoms with Crippen molar-refractivity contribution < 1.29 is 28.0 Å². The number of carbonyl (C=O) groups is 3. The van der Waals surface area contributed by atoms with E-state index in [2.05, 4.69) is 10.6 Å². The molecule has 0 saturated heterocycles. The predicted molar refractivity (Wildman–Crippen MR) is 166 cm³/mol. The van der Waals surface area contributed by atoms with E-state index in [1.807, 2.05) is 30.3 Å². The van der Waals surface area contributed by atoms with E-state index in [1.165, 1.54) is 16.7 Å². The molecule has 2 N–H and O–H groups in total. The largest absolute Gasteiger partial charge is 0.361 e. The van der Waals surface area contributed by atoms with Crippen molar-refractivity contribution in [2.75, 3.05) is 49.4 Å². The topological polar surface area (TPSA) is 117 Å². The SMILES string of the molecule is CCOP(=O)(OCC)c1ccc2c(c1)C(=C(Nc1ccc(N(CC(=O)N(C)C)C(C)=O)cc1)c1ccccc1)C(=O)N2. The van der Waals surface area contributed by atoms with Crippen LogP contribution in [-0.4, -0.2) is 56.5 Å². The molecular formula is C31H35N4O6P. The van der Waals surface area contributed by atoms with Crippen molar-refractivity contribution in [3.8, 4) is 0 Å². The van der Waals surface area contributed by atoms with Gasteiger partial charge in [0.25, 0.3) is 5.91 Å². The second-order valence-corrected chi connectivity index (χ2v) is 11.7. The van der Waals surface area contributed by atoms with Crippen molar-refractivity contribution in [1.29, 1.82) is 0 Å². The molecule has 0 spiro atoms. The van der Waals surface area contributed by atoms with Crippen LogP contribution in [-0.2, 0) is 28.0 Å². The zero-order chi connectivity index (χ0) is 30.4. The van der Waals surface area contributed by atoms with Crippen LogP contribution in [0.5, 0.6) is 0 Å². The number of amides is 3. The van der Waals surface area contributed by atoms with Crippen molar-refractivity contribution >= 4 is 59.0 Å². The van der Waals surface area contributed by atoms with Gasteiger partial charge in [0.2, 0.25) is 11.8 Å². The molecule has 0 radical (unpaired) electrons. The Kier molecular flexibility index (Phi) is 9.63. The zero-order valence-corrected chi connectivity index (χ0v) is 25.2. The number of hydrogen-bond donors (Lipinski definition) is 2. The average Bonchev–Trinajstić information content (AvgIpc) is 3.30. The third kappa shape index (κ3) is 6.62. The monoisotopic (exact) mass is 590 g/mol.